The van der Waals surface area contributed by atoms with Gasteiger partial charge in [0.15, 0.2) is 0 Å². The molecule has 0 aromatic carbocycles. The van der Waals surface area contributed by atoms with Gasteiger partial charge < -0.3 is 10.4 Å². The second-order valence-electron chi connectivity index (χ2n) is 5.60. The minimum atomic E-state index is -0.379. The highest BCUT2D eigenvalue weighted by atomic mass is 16.3. The van der Waals surface area contributed by atoms with E-state index in [2.05, 4.69) is 10.6 Å². The maximum atomic E-state index is 11.6. The zero-order valence-corrected chi connectivity index (χ0v) is 11.2. The van der Waals surface area contributed by atoms with Crippen molar-refractivity contribution in [2.75, 3.05) is 26.2 Å². The lowest BCUT2D eigenvalue weighted by atomic mass is 9.96. The van der Waals surface area contributed by atoms with Crippen LogP contribution in [0.3, 0.4) is 0 Å². The smallest absolute Gasteiger partial charge is 0.321 e. The van der Waals surface area contributed by atoms with Crippen LogP contribution in [0.15, 0.2) is 0 Å². The molecule has 2 fully saturated rings. The van der Waals surface area contributed by atoms with E-state index in [1.165, 1.54) is 6.42 Å². The molecule has 1 saturated carbocycles. The summed E-state index contributed by atoms with van der Waals surface area (Å²) in [4.78, 5) is 25.2. The molecule has 0 spiro atoms. The molecule has 3 amide bonds. The van der Waals surface area contributed by atoms with Gasteiger partial charge >= 0.3 is 6.03 Å². The summed E-state index contributed by atoms with van der Waals surface area (Å²) in [5.74, 6) is 0.00793. The zero-order valence-electron chi connectivity index (χ0n) is 11.2. The topological polar surface area (TPSA) is 81.7 Å². The van der Waals surface area contributed by atoms with Gasteiger partial charge in [0, 0.05) is 31.7 Å². The molecule has 0 unspecified atom stereocenters. The van der Waals surface area contributed by atoms with Crippen LogP contribution in [0.25, 0.3) is 0 Å². The second-order valence-corrected chi connectivity index (χ2v) is 5.60. The maximum Gasteiger partial charge on any atom is 0.321 e. The van der Waals surface area contributed by atoms with Gasteiger partial charge in [0.2, 0.25) is 5.91 Å². The molecule has 1 saturated heterocycles. The highest BCUT2D eigenvalue weighted by Crippen LogP contribution is 2.17. The van der Waals surface area contributed by atoms with Crippen LogP contribution in [0.5, 0.6) is 0 Å². The van der Waals surface area contributed by atoms with Crippen molar-refractivity contribution >= 4 is 11.9 Å². The van der Waals surface area contributed by atoms with Crippen molar-refractivity contribution in [3.8, 4) is 0 Å². The van der Waals surface area contributed by atoms with Gasteiger partial charge in [0.1, 0.15) is 0 Å². The largest absolute Gasteiger partial charge is 0.396 e. The average molecular weight is 269 g/mol. The first-order valence-electron chi connectivity index (χ1n) is 7.11. The molecule has 19 heavy (non-hydrogen) atoms. The number of likely N-dealkylation sites (tertiary alicyclic amines) is 1. The van der Waals surface area contributed by atoms with Gasteiger partial charge in [-0.15, -0.1) is 0 Å². The summed E-state index contributed by atoms with van der Waals surface area (Å²) in [6.07, 6.45) is 5.54. The Labute approximate surface area is 113 Å². The fourth-order valence-electron chi connectivity index (χ4n) is 2.76. The van der Waals surface area contributed by atoms with Gasteiger partial charge in [-0.25, -0.2) is 4.79 Å². The molecule has 6 heteroatoms. The highest BCUT2D eigenvalue weighted by molar-refractivity contribution is 5.95. The first kappa shape index (κ1) is 14.3. The molecule has 0 radical (unpaired) electrons. The predicted molar refractivity (Wildman–Crippen MR) is 70.6 cm³/mol. The van der Waals surface area contributed by atoms with Gasteiger partial charge in [0.25, 0.3) is 0 Å². The lowest BCUT2D eigenvalue weighted by Gasteiger charge is -2.37. The van der Waals surface area contributed by atoms with E-state index in [1.54, 1.807) is 0 Å². The number of imide groups is 1. The number of rotatable bonds is 4. The SMILES string of the molecule is O=C(CN1CC(CO)C1)NC(=O)NC1CCCCC1. The zero-order chi connectivity index (χ0) is 13.7. The monoisotopic (exact) mass is 269 g/mol. The molecule has 0 atom stereocenters. The van der Waals surface area contributed by atoms with Crippen molar-refractivity contribution in [3.63, 3.8) is 0 Å². The normalized spacial score (nSPS) is 21.7. The first-order valence-corrected chi connectivity index (χ1v) is 7.11. The second kappa shape index (κ2) is 6.86. The lowest BCUT2D eigenvalue weighted by Crippen LogP contribution is -2.54. The number of aliphatic hydroxyl groups excluding tert-OH is 1. The Kier molecular flexibility index (Phi) is 5.15. The lowest BCUT2D eigenvalue weighted by molar-refractivity contribution is -0.123. The number of hydrogen-bond acceptors (Lipinski definition) is 4. The van der Waals surface area contributed by atoms with E-state index in [-0.39, 0.29) is 37.0 Å². The van der Waals surface area contributed by atoms with E-state index in [4.69, 9.17) is 5.11 Å². The van der Waals surface area contributed by atoms with Gasteiger partial charge in [-0.05, 0) is 12.8 Å². The number of nitrogens with one attached hydrogen (secondary N) is 2. The standard InChI is InChI=1S/C13H23N3O3/c17-9-10-6-16(7-10)8-12(18)15-13(19)14-11-4-2-1-3-5-11/h10-11,17H,1-9H2,(H2,14,15,18,19). The molecule has 0 aromatic rings. The van der Waals surface area contributed by atoms with Crippen LogP contribution in [0.1, 0.15) is 32.1 Å². The van der Waals surface area contributed by atoms with Gasteiger partial charge in [-0.1, -0.05) is 19.3 Å². The summed E-state index contributed by atoms with van der Waals surface area (Å²) >= 11 is 0. The molecule has 0 aromatic heterocycles. The van der Waals surface area contributed by atoms with Crippen LogP contribution in [0.2, 0.25) is 0 Å². The number of hydrogen-bond donors (Lipinski definition) is 3. The van der Waals surface area contributed by atoms with E-state index in [0.29, 0.717) is 0 Å². The van der Waals surface area contributed by atoms with Crippen LogP contribution in [-0.4, -0.2) is 54.2 Å². The molecule has 1 aliphatic heterocycles. The van der Waals surface area contributed by atoms with Crippen molar-refractivity contribution < 1.29 is 14.7 Å². The minimum Gasteiger partial charge on any atom is -0.396 e. The van der Waals surface area contributed by atoms with E-state index in [9.17, 15) is 9.59 Å². The maximum absolute atomic E-state index is 11.6. The van der Waals surface area contributed by atoms with Gasteiger partial charge in [-0.3, -0.25) is 15.0 Å². The van der Waals surface area contributed by atoms with Crippen molar-refractivity contribution in [1.82, 2.24) is 15.5 Å². The van der Waals surface area contributed by atoms with Crippen LogP contribution < -0.4 is 10.6 Å². The Morgan fingerprint density at radius 3 is 2.47 bits per heavy atom. The predicted octanol–water partition coefficient (Wildman–Crippen LogP) is 0.0690. The van der Waals surface area contributed by atoms with E-state index in [0.717, 1.165) is 38.8 Å². The number of carbonyl (C=O) groups is 2. The number of amides is 3. The third-order valence-corrected chi connectivity index (χ3v) is 3.85. The van der Waals surface area contributed by atoms with Crippen molar-refractivity contribution in [2.45, 2.75) is 38.1 Å². The molecular formula is C13H23N3O3. The summed E-state index contributed by atoms with van der Waals surface area (Å²) in [6, 6.07) is -0.166. The fourth-order valence-corrected chi connectivity index (χ4v) is 2.76. The summed E-state index contributed by atoms with van der Waals surface area (Å²) < 4.78 is 0. The summed E-state index contributed by atoms with van der Waals surface area (Å²) in [7, 11) is 0. The first-order chi connectivity index (χ1) is 9.17. The van der Waals surface area contributed by atoms with Crippen LogP contribution in [0.4, 0.5) is 4.79 Å². The Morgan fingerprint density at radius 1 is 1.16 bits per heavy atom. The molecule has 6 nitrogen and oxygen atoms in total. The highest BCUT2D eigenvalue weighted by Gasteiger charge is 2.27. The number of urea groups is 1. The third kappa shape index (κ3) is 4.47. The van der Waals surface area contributed by atoms with Gasteiger partial charge in [0.05, 0.1) is 6.54 Å². The Bertz CT molecular complexity index is 323. The van der Waals surface area contributed by atoms with E-state index >= 15 is 0 Å². The summed E-state index contributed by atoms with van der Waals surface area (Å²) in [5, 5.41) is 14.1. The summed E-state index contributed by atoms with van der Waals surface area (Å²) in [5.41, 5.74) is 0. The Hall–Kier alpha value is -1.14. The van der Waals surface area contributed by atoms with Crippen LogP contribution >= 0.6 is 0 Å². The molecule has 0 bridgehead atoms. The van der Waals surface area contributed by atoms with Crippen molar-refractivity contribution in [2.24, 2.45) is 5.92 Å². The minimum absolute atomic E-state index is 0.167. The number of carbonyl (C=O) groups excluding carboxylic acids is 2. The molecule has 2 rings (SSSR count). The number of aliphatic hydroxyl groups is 1. The molecular weight excluding hydrogens is 246 g/mol. The van der Waals surface area contributed by atoms with Crippen molar-refractivity contribution in [3.05, 3.63) is 0 Å². The Morgan fingerprint density at radius 2 is 1.84 bits per heavy atom. The average Bonchev–Trinajstić information content (AvgIpc) is 2.34. The summed E-state index contributed by atoms with van der Waals surface area (Å²) in [6.45, 7) is 1.86. The van der Waals surface area contributed by atoms with Crippen molar-refractivity contribution in [1.29, 1.82) is 0 Å². The van der Waals surface area contributed by atoms with Crippen LogP contribution in [-0.2, 0) is 4.79 Å². The Balaban J connectivity index is 1.60. The quantitative estimate of drug-likeness (QED) is 0.674. The van der Waals surface area contributed by atoms with E-state index in [1.807, 2.05) is 4.90 Å². The third-order valence-electron chi connectivity index (χ3n) is 3.85. The van der Waals surface area contributed by atoms with E-state index < -0.39 is 0 Å². The molecule has 2 aliphatic rings. The molecule has 1 heterocycles. The fraction of sp³-hybridized carbons (Fsp3) is 0.846. The molecule has 108 valence electrons. The van der Waals surface area contributed by atoms with Crippen LogP contribution in [0, 0.1) is 5.92 Å². The van der Waals surface area contributed by atoms with Gasteiger partial charge in [-0.2, -0.15) is 0 Å². The molecule has 3 N–H and O–H groups in total. The molecule has 1 aliphatic carbocycles. The number of nitrogens with zero attached hydrogens (tertiary/aromatic N) is 1.